The predicted molar refractivity (Wildman–Crippen MR) is 114 cm³/mol. The van der Waals surface area contributed by atoms with Crippen molar-refractivity contribution in [1.82, 2.24) is 0 Å². The first kappa shape index (κ1) is 20.8. The molecule has 2 aromatic carbocycles. The molecule has 1 N–H and O–H groups in total. The van der Waals surface area contributed by atoms with Crippen LogP contribution >= 0.6 is 0 Å². The summed E-state index contributed by atoms with van der Waals surface area (Å²) in [4.78, 5) is 37.4. The molecule has 0 unspecified atom stereocenters. The van der Waals surface area contributed by atoms with Crippen LogP contribution in [-0.4, -0.2) is 49.7 Å². The number of carbonyl (C=O) groups is 2. The quantitative estimate of drug-likeness (QED) is 0.430. The first-order valence-electron chi connectivity index (χ1n) is 10.2. The van der Waals surface area contributed by atoms with Gasteiger partial charge in [-0.05, 0) is 54.7 Å². The molecule has 9 heteroatoms. The van der Waals surface area contributed by atoms with Crippen LogP contribution in [0.5, 0.6) is 0 Å². The smallest absolute Gasteiger partial charge is 0.338 e. The highest BCUT2D eigenvalue weighted by molar-refractivity contribution is 5.96. The minimum Gasteiger partial charge on any atom is -0.452 e. The average Bonchev–Trinajstić information content (AvgIpc) is 3.25. The number of hydrogen-bond donors (Lipinski definition) is 1. The highest BCUT2D eigenvalue weighted by Gasteiger charge is 2.24. The lowest BCUT2D eigenvalue weighted by Gasteiger charge is -2.28. The van der Waals surface area contributed by atoms with Gasteiger partial charge >= 0.3 is 5.97 Å². The Kier molecular flexibility index (Phi) is 6.13. The van der Waals surface area contributed by atoms with Crippen LogP contribution in [0, 0.1) is 10.1 Å². The molecule has 1 aliphatic carbocycles. The zero-order chi connectivity index (χ0) is 21.8. The molecule has 162 valence electrons. The molecule has 0 bridgehead atoms. The van der Waals surface area contributed by atoms with Crippen LogP contribution in [0.4, 0.5) is 17.1 Å². The summed E-state index contributed by atoms with van der Waals surface area (Å²) in [5.41, 5.74) is 3.45. The van der Waals surface area contributed by atoms with Gasteiger partial charge in [0.05, 0.1) is 23.7 Å². The molecule has 31 heavy (non-hydrogen) atoms. The van der Waals surface area contributed by atoms with Crippen molar-refractivity contribution in [3.05, 3.63) is 63.2 Å². The monoisotopic (exact) mass is 425 g/mol. The fourth-order valence-electron chi connectivity index (χ4n) is 3.93. The second-order valence-electron chi connectivity index (χ2n) is 7.52. The number of ether oxygens (including phenoxy) is 2. The van der Waals surface area contributed by atoms with E-state index in [4.69, 9.17) is 9.47 Å². The summed E-state index contributed by atoms with van der Waals surface area (Å²) in [5, 5.41) is 14.2. The molecule has 0 aromatic heterocycles. The third-order valence-electron chi connectivity index (χ3n) is 5.48. The molecule has 1 amide bonds. The second-order valence-corrected chi connectivity index (χ2v) is 7.52. The van der Waals surface area contributed by atoms with Gasteiger partial charge in [0.25, 0.3) is 11.6 Å². The van der Waals surface area contributed by atoms with E-state index < -0.39 is 23.4 Å². The topological polar surface area (TPSA) is 111 Å². The van der Waals surface area contributed by atoms with Crippen molar-refractivity contribution in [2.75, 3.05) is 43.1 Å². The van der Waals surface area contributed by atoms with E-state index in [1.165, 1.54) is 29.3 Å². The highest BCUT2D eigenvalue weighted by atomic mass is 16.6. The molecule has 1 fully saturated rings. The molecule has 0 spiro atoms. The first-order chi connectivity index (χ1) is 15.0. The molecule has 0 saturated carbocycles. The third-order valence-corrected chi connectivity index (χ3v) is 5.48. The lowest BCUT2D eigenvalue weighted by molar-refractivity contribution is -0.384. The summed E-state index contributed by atoms with van der Waals surface area (Å²) in [6.07, 6.45) is 3.16. The van der Waals surface area contributed by atoms with Gasteiger partial charge in [-0.2, -0.15) is 0 Å². The number of nitrogens with zero attached hydrogens (tertiary/aromatic N) is 2. The minimum atomic E-state index is -0.791. The van der Waals surface area contributed by atoms with Crippen molar-refractivity contribution in [1.29, 1.82) is 0 Å². The number of benzene rings is 2. The number of rotatable bonds is 6. The van der Waals surface area contributed by atoms with E-state index in [1.54, 1.807) is 0 Å². The van der Waals surface area contributed by atoms with Crippen LogP contribution in [0.25, 0.3) is 0 Å². The summed E-state index contributed by atoms with van der Waals surface area (Å²) in [6, 6.07) is 9.96. The molecule has 0 atom stereocenters. The van der Waals surface area contributed by atoms with Gasteiger partial charge < -0.3 is 19.7 Å². The Morgan fingerprint density at radius 2 is 1.87 bits per heavy atom. The molecule has 1 aliphatic heterocycles. The van der Waals surface area contributed by atoms with Crippen LogP contribution in [0.15, 0.2) is 36.4 Å². The molecule has 0 radical (unpaired) electrons. The van der Waals surface area contributed by atoms with E-state index in [0.29, 0.717) is 37.7 Å². The highest BCUT2D eigenvalue weighted by Crippen LogP contribution is 2.30. The van der Waals surface area contributed by atoms with E-state index in [2.05, 4.69) is 5.32 Å². The van der Waals surface area contributed by atoms with Crippen molar-refractivity contribution < 1.29 is 24.0 Å². The maximum absolute atomic E-state index is 12.4. The molecule has 4 rings (SSSR count). The Bertz CT molecular complexity index is 1020. The fourth-order valence-corrected chi connectivity index (χ4v) is 3.93. The van der Waals surface area contributed by atoms with E-state index in [-0.39, 0.29) is 11.3 Å². The van der Waals surface area contributed by atoms with E-state index in [9.17, 15) is 19.7 Å². The van der Waals surface area contributed by atoms with Gasteiger partial charge in [0.2, 0.25) is 0 Å². The minimum absolute atomic E-state index is 0.0223. The van der Waals surface area contributed by atoms with Crippen LogP contribution in [0.3, 0.4) is 0 Å². The van der Waals surface area contributed by atoms with E-state index in [1.807, 2.05) is 23.1 Å². The van der Waals surface area contributed by atoms with Gasteiger partial charge in [-0.25, -0.2) is 4.79 Å². The number of anilines is 2. The Morgan fingerprint density at radius 3 is 2.65 bits per heavy atom. The molecular formula is C22H23N3O6. The Hall–Kier alpha value is -3.46. The number of hydrogen-bond acceptors (Lipinski definition) is 7. The van der Waals surface area contributed by atoms with Gasteiger partial charge in [0.15, 0.2) is 6.61 Å². The van der Waals surface area contributed by atoms with Crippen molar-refractivity contribution in [3.63, 3.8) is 0 Å². The normalized spacial score (nSPS) is 15.3. The molecule has 9 nitrogen and oxygen atoms in total. The summed E-state index contributed by atoms with van der Waals surface area (Å²) in [7, 11) is 0. The number of aryl methyl sites for hydroxylation is 2. The Morgan fingerprint density at radius 1 is 1.10 bits per heavy atom. The molecular weight excluding hydrogens is 402 g/mol. The standard InChI is InChI=1S/C22H23N3O6/c26-21(23-18-6-4-15-2-1-3-16(15)12-18)14-31-22(27)17-5-7-19(20(13-17)25(28)29)24-8-10-30-11-9-24/h4-7,12-13H,1-3,8-11,14H2,(H,23,26). The van der Waals surface area contributed by atoms with Crippen molar-refractivity contribution >= 4 is 28.9 Å². The molecule has 1 saturated heterocycles. The molecule has 2 aliphatic rings. The Labute approximate surface area is 179 Å². The SMILES string of the molecule is O=C(COC(=O)c1ccc(N2CCOCC2)c([N+](=O)[O-])c1)Nc1ccc2c(c1)CCC2. The third kappa shape index (κ3) is 4.83. The lowest BCUT2D eigenvalue weighted by Crippen LogP contribution is -2.36. The zero-order valence-corrected chi connectivity index (χ0v) is 17.0. The van der Waals surface area contributed by atoms with Gasteiger partial charge in [-0.3, -0.25) is 14.9 Å². The maximum Gasteiger partial charge on any atom is 0.338 e. The number of carbonyl (C=O) groups excluding carboxylic acids is 2. The van der Waals surface area contributed by atoms with Gasteiger partial charge in [-0.15, -0.1) is 0 Å². The second kappa shape index (κ2) is 9.13. The summed E-state index contributed by atoms with van der Waals surface area (Å²) < 4.78 is 10.3. The zero-order valence-electron chi connectivity index (χ0n) is 17.0. The van der Waals surface area contributed by atoms with Crippen molar-refractivity contribution in [2.24, 2.45) is 0 Å². The lowest BCUT2D eigenvalue weighted by atomic mass is 10.1. The van der Waals surface area contributed by atoms with Crippen LogP contribution in [0.2, 0.25) is 0 Å². The average molecular weight is 425 g/mol. The largest absolute Gasteiger partial charge is 0.452 e. The van der Waals surface area contributed by atoms with Gasteiger partial charge in [0.1, 0.15) is 5.69 Å². The molecule has 2 aromatic rings. The van der Waals surface area contributed by atoms with Crippen LogP contribution < -0.4 is 10.2 Å². The van der Waals surface area contributed by atoms with Gasteiger partial charge in [-0.1, -0.05) is 6.07 Å². The van der Waals surface area contributed by atoms with Crippen molar-refractivity contribution in [2.45, 2.75) is 19.3 Å². The number of nitro groups is 1. The van der Waals surface area contributed by atoms with Crippen LogP contribution in [0.1, 0.15) is 27.9 Å². The van der Waals surface area contributed by atoms with E-state index >= 15 is 0 Å². The number of morpholine rings is 1. The number of nitrogens with one attached hydrogen (secondary N) is 1. The summed E-state index contributed by atoms with van der Waals surface area (Å²) in [6.45, 7) is 1.57. The maximum atomic E-state index is 12.4. The fraction of sp³-hybridized carbons (Fsp3) is 0.364. The number of fused-ring (bicyclic) bond motifs is 1. The summed E-state index contributed by atoms with van der Waals surface area (Å²) >= 11 is 0. The number of nitro benzene ring substituents is 1. The first-order valence-corrected chi connectivity index (χ1v) is 10.2. The van der Waals surface area contributed by atoms with Crippen molar-refractivity contribution in [3.8, 4) is 0 Å². The number of esters is 1. The van der Waals surface area contributed by atoms with E-state index in [0.717, 1.165) is 19.3 Å². The van der Waals surface area contributed by atoms with Gasteiger partial charge in [0, 0.05) is 24.8 Å². The number of amides is 1. The molecule has 1 heterocycles. The summed E-state index contributed by atoms with van der Waals surface area (Å²) in [5.74, 6) is -1.26. The Balaban J connectivity index is 1.38. The van der Waals surface area contributed by atoms with Crippen LogP contribution in [-0.2, 0) is 27.1 Å². The predicted octanol–water partition coefficient (Wildman–Crippen LogP) is 2.72.